The Balaban J connectivity index is 2.14. The summed E-state index contributed by atoms with van der Waals surface area (Å²) in [6.45, 7) is 3.81. The molecule has 0 heterocycles. The van der Waals surface area contributed by atoms with Gasteiger partial charge in [0, 0.05) is 18.1 Å². The minimum atomic E-state index is -0.703. The monoisotopic (exact) mass is 392 g/mol. The summed E-state index contributed by atoms with van der Waals surface area (Å²) in [5.74, 6) is -0.662. The van der Waals surface area contributed by atoms with Crippen LogP contribution in [0.3, 0.4) is 0 Å². The quantitative estimate of drug-likeness (QED) is 0.749. The number of likely N-dealkylation sites (N-methyl/N-ethyl adjacent to an activating group) is 1. The SMILES string of the molecule is CCNC(=O)[C@@H](C)N(Cc1ccccc1Cl)C(=O)COc1ccc(F)cc1. The van der Waals surface area contributed by atoms with E-state index >= 15 is 0 Å². The number of benzene rings is 2. The van der Waals surface area contributed by atoms with E-state index in [4.69, 9.17) is 16.3 Å². The average Bonchev–Trinajstić information content (AvgIpc) is 2.66. The second-order valence-corrected chi connectivity index (χ2v) is 6.33. The molecule has 0 spiro atoms. The van der Waals surface area contributed by atoms with Gasteiger partial charge in [-0.05, 0) is 49.7 Å². The molecule has 2 aromatic rings. The molecule has 2 amide bonds. The number of nitrogens with one attached hydrogen (secondary N) is 1. The van der Waals surface area contributed by atoms with E-state index in [1.807, 2.05) is 13.0 Å². The molecule has 0 saturated heterocycles. The lowest BCUT2D eigenvalue weighted by Gasteiger charge is -2.29. The van der Waals surface area contributed by atoms with E-state index in [0.717, 1.165) is 5.56 Å². The Hall–Kier alpha value is -2.60. The summed E-state index contributed by atoms with van der Waals surface area (Å²) < 4.78 is 18.4. The van der Waals surface area contributed by atoms with Crippen molar-refractivity contribution in [3.8, 4) is 5.75 Å². The minimum absolute atomic E-state index is 0.170. The maximum absolute atomic E-state index is 13.0. The first-order valence-corrected chi connectivity index (χ1v) is 8.99. The summed E-state index contributed by atoms with van der Waals surface area (Å²) in [4.78, 5) is 26.4. The van der Waals surface area contributed by atoms with Crippen molar-refractivity contribution < 1.29 is 18.7 Å². The molecule has 0 unspecified atom stereocenters. The summed E-state index contributed by atoms with van der Waals surface area (Å²) in [5, 5.41) is 3.22. The molecular formula is C20H22ClFN2O3. The van der Waals surface area contributed by atoms with Gasteiger partial charge in [-0.2, -0.15) is 0 Å². The lowest BCUT2D eigenvalue weighted by Crippen LogP contribution is -2.49. The summed E-state index contributed by atoms with van der Waals surface area (Å²) in [5.41, 5.74) is 0.727. The third-order valence-corrected chi connectivity index (χ3v) is 4.36. The molecule has 0 bridgehead atoms. The van der Waals surface area contributed by atoms with Gasteiger partial charge in [0.15, 0.2) is 6.61 Å². The first-order valence-electron chi connectivity index (χ1n) is 8.61. The zero-order chi connectivity index (χ0) is 19.8. The highest BCUT2D eigenvalue weighted by molar-refractivity contribution is 6.31. The summed E-state index contributed by atoms with van der Waals surface area (Å²) in [6.07, 6.45) is 0. The second kappa shape index (κ2) is 9.92. The van der Waals surface area contributed by atoms with Crippen LogP contribution >= 0.6 is 11.6 Å². The number of amides is 2. The normalized spacial score (nSPS) is 11.6. The predicted octanol–water partition coefficient (Wildman–Crippen LogP) is 3.41. The Kier molecular flexibility index (Phi) is 7.61. The van der Waals surface area contributed by atoms with Crippen LogP contribution < -0.4 is 10.1 Å². The van der Waals surface area contributed by atoms with Crippen molar-refractivity contribution in [3.63, 3.8) is 0 Å². The van der Waals surface area contributed by atoms with Crippen molar-refractivity contribution in [1.29, 1.82) is 0 Å². The minimum Gasteiger partial charge on any atom is -0.484 e. The Morgan fingerprint density at radius 1 is 1.19 bits per heavy atom. The molecule has 5 nitrogen and oxygen atoms in total. The smallest absolute Gasteiger partial charge is 0.261 e. The van der Waals surface area contributed by atoms with Crippen molar-refractivity contribution in [2.24, 2.45) is 0 Å². The molecular weight excluding hydrogens is 371 g/mol. The molecule has 0 aliphatic heterocycles. The summed E-state index contributed by atoms with van der Waals surface area (Å²) >= 11 is 6.20. The standard InChI is InChI=1S/C20H22ClFN2O3/c1-3-23-20(26)14(2)24(12-15-6-4-5-7-18(15)21)19(25)13-27-17-10-8-16(22)9-11-17/h4-11,14H,3,12-13H2,1-2H3,(H,23,26)/t14-/m1/s1. The first kappa shape index (κ1) is 20.7. The Bertz CT molecular complexity index is 783. The third-order valence-electron chi connectivity index (χ3n) is 3.99. The van der Waals surface area contributed by atoms with Gasteiger partial charge in [0.05, 0.1) is 0 Å². The number of hydrogen-bond donors (Lipinski definition) is 1. The van der Waals surface area contributed by atoms with Gasteiger partial charge in [-0.3, -0.25) is 9.59 Å². The fourth-order valence-electron chi connectivity index (χ4n) is 2.47. The van der Waals surface area contributed by atoms with Crippen LogP contribution in [0.15, 0.2) is 48.5 Å². The van der Waals surface area contributed by atoms with Crippen LogP contribution in [0.2, 0.25) is 5.02 Å². The molecule has 0 aliphatic carbocycles. The molecule has 1 N–H and O–H groups in total. The van der Waals surface area contributed by atoms with E-state index < -0.39 is 6.04 Å². The molecule has 0 aliphatic rings. The molecule has 0 saturated carbocycles. The van der Waals surface area contributed by atoms with Crippen LogP contribution in [-0.4, -0.2) is 35.9 Å². The highest BCUT2D eigenvalue weighted by atomic mass is 35.5. The fourth-order valence-corrected chi connectivity index (χ4v) is 2.67. The van der Waals surface area contributed by atoms with E-state index in [2.05, 4.69) is 5.32 Å². The van der Waals surface area contributed by atoms with Crippen molar-refractivity contribution in [2.45, 2.75) is 26.4 Å². The van der Waals surface area contributed by atoms with Crippen molar-refractivity contribution in [1.82, 2.24) is 10.2 Å². The topological polar surface area (TPSA) is 58.6 Å². The van der Waals surface area contributed by atoms with Gasteiger partial charge in [0.2, 0.25) is 5.91 Å². The molecule has 0 fully saturated rings. The van der Waals surface area contributed by atoms with E-state index in [9.17, 15) is 14.0 Å². The lowest BCUT2D eigenvalue weighted by atomic mass is 10.1. The van der Waals surface area contributed by atoms with E-state index in [1.165, 1.54) is 29.2 Å². The number of carbonyl (C=O) groups is 2. The van der Waals surface area contributed by atoms with Crippen LogP contribution in [0.4, 0.5) is 4.39 Å². The van der Waals surface area contributed by atoms with E-state index in [0.29, 0.717) is 17.3 Å². The average molecular weight is 393 g/mol. The first-order chi connectivity index (χ1) is 12.9. The molecule has 27 heavy (non-hydrogen) atoms. The van der Waals surface area contributed by atoms with Gasteiger partial charge in [-0.1, -0.05) is 29.8 Å². The van der Waals surface area contributed by atoms with Gasteiger partial charge in [-0.25, -0.2) is 4.39 Å². The fraction of sp³-hybridized carbons (Fsp3) is 0.300. The van der Waals surface area contributed by atoms with Gasteiger partial charge < -0.3 is 15.0 Å². The maximum atomic E-state index is 13.0. The molecule has 144 valence electrons. The maximum Gasteiger partial charge on any atom is 0.261 e. The van der Waals surface area contributed by atoms with Crippen LogP contribution in [0.25, 0.3) is 0 Å². The van der Waals surface area contributed by atoms with Crippen LogP contribution in [-0.2, 0) is 16.1 Å². The number of hydrogen-bond acceptors (Lipinski definition) is 3. The van der Waals surface area contributed by atoms with Gasteiger partial charge in [-0.15, -0.1) is 0 Å². The molecule has 2 rings (SSSR count). The van der Waals surface area contributed by atoms with Crippen LogP contribution in [0, 0.1) is 5.82 Å². The zero-order valence-electron chi connectivity index (χ0n) is 15.2. The highest BCUT2D eigenvalue weighted by Crippen LogP contribution is 2.19. The third kappa shape index (κ3) is 5.96. The number of nitrogens with zero attached hydrogens (tertiary/aromatic N) is 1. The van der Waals surface area contributed by atoms with Gasteiger partial charge in [0.1, 0.15) is 17.6 Å². The lowest BCUT2D eigenvalue weighted by molar-refractivity contribution is -0.142. The van der Waals surface area contributed by atoms with Crippen molar-refractivity contribution >= 4 is 23.4 Å². The van der Waals surface area contributed by atoms with Crippen LogP contribution in [0.1, 0.15) is 19.4 Å². The molecule has 2 aromatic carbocycles. The molecule has 1 atom stereocenters. The van der Waals surface area contributed by atoms with Crippen LogP contribution in [0.5, 0.6) is 5.75 Å². The van der Waals surface area contributed by atoms with Crippen molar-refractivity contribution in [3.05, 3.63) is 64.9 Å². The Morgan fingerprint density at radius 2 is 1.85 bits per heavy atom. The number of halogens is 2. The van der Waals surface area contributed by atoms with Gasteiger partial charge in [0.25, 0.3) is 5.91 Å². The number of carbonyl (C=O) groups excluding carboxylic acids is 2. The Morgan fingerprint density at radius 3 is 2.48 bits per heavy atom. The highest BCUT2D eigenvalue weighted by Gasteiger charge is 2.26. The molecule has 7 heteroatoms. The van der Waals surface area contributed by atoms with E-state index in [1.54, 1.807) is 25.1 Å². The number of ether oxygens (including phenoxy) is 1. The number of rotatable bonds is 8. The largest absolute Gasteiger partial charge is 0.484 e. The molecule has 0 radical (unpaired) electrons. The predicted molar refractivity (Wildman–Crippen MR) is 102 cm³/mol. The van der Waals surface area contributed by atoms with E-state index in [-0.39, 0.29) is 30.8 Å². The van der Waals surface area contributed by atoms with Crippen molar-refractivity contribution in [2.75, 3.05) is 13.2 Å². The van der Waals surface area contributed by atoms with Gasteiger partial charge >= 0.3 is 0 Å². The zero-order valence-corrected chi connectivity index (χ0v) is 16.0. The molecule has 0 aromatic heterocycles. The summed E-state index contributed by atoms with van der Waals surface area (Å²) in [7, 11) is 0. The Labute approximate surface area is 163 Å². The summed E-state index contributed by atoms with van der Waals surface area (Å²) in [6, 6.07) is 11.8. The second-order valence-electron chi connectivity index (χ2n) is 5.93.